The Morgan fingerprint density at radius 1 is 1.12 bits per heavy atom. The van der Waals surface area contributed by atoms with Gasteiger partial charge in [-0.05, 0) is 37.1 Å². The van der Waals surface area contributed by atoms with E-state index in [1.807, 2.05) is 25.1 Å². The second-order valence-corrected chi connectivity index (χ2v) is 6.24. The molecule has 2 heterocycles. The zero-order chi connectivity index (χ0) is 18.3. The Balaban J connectivity index is 1.65. The number of para-hydroxylation sites is 1. The fourth-order valence-corrected chi connectivity index (χ4v) is 3.34. The SMILES string of the molecule is Cc1cccc2ncnc(NC3CCN(c4c(F)cccc4F)C3=O)c12. The lowest BCUT2D eigenvalue weighted by atomic mass is 10.1. The van der Waals surface area contributed by atoms with Crippen molar-refractivity contribution in [2.75, 3.05) is 16.8 Å². The van der Waals surface area contributed by atoms with Gasteiger partial charge < -0.3 is 10.2 Å². The molecule has 4 rings (SSSR count). The summed E-state index contributed by atoms with van der Waals surface area (Å²) in [7, 11) is 0. The number of nitrogens with one attached hydrogen (secondary N) is 1. The Labute approximate surface area is 148 Å². The van der Waals surface area contributed by atoms with Gasteiger partial charge in [0.05, 0.1) is 5.52 Å². The van der Waals surface area contributed by atoms with E-state index in [1.54, 1.807) is 0 Å². The van der Waals surface area contributed by atoms with Crippen LogP contribution in [0.3, 0.4) is 0 Å². The molecule has 1 amide bonds. The summed E-state index contributed by atoms with van der Waals surface area (Å²) in [6.45, 7) is 2.17. The summed E-state index contributed by atoms with van der Waals surface area (Å²) >= 11 is 0. The van der Waals surface area contributed by atoms with Crippen molar-refractivity contribution in [3.8, 4) is 0 Å². The fraction of sp³-hybridized carbons (Fsp3) is 0.211. The number of carbonyl (C=O) groups excluding carboxylic acids is 1. The Hall–Kier alpha value is -3.09. The van der Waals surface area contributed by atoms with Gasteiger partial charge in [0.15, 0.2) is 0 Å². The Morgan fingerprint density at radius 2 is 1.85 bits per heavy atom. The number of hydrogen-bond acceptors (Lipinski definition) is 4. The molecular formula is C19H16F2N4O. The van der Waals surface area contributed by atoms with E-state index in [0.717, 1.165) is 33.5 Å². The van der Waals surface area contributed by atoms with Crippen molar-refractivity contribution in [1.29, 1.82) is 0 Å². The standard InChI is InChI=1S/C19H16F2N4O/c1-11-4-2-7-14-16(11)18(23-10-22-14)24-15-8-9-25(19(15)26)17-12(20)5-3-6-13(17)21/h2-7,10,15H,8-9H2,1H3,(H,22,23,24). The number of halogens is 2. The summed E-state index contributed by atoms with van der Waals surface area (Å²) in [5.41, 5.74) is 1.45. The van der Waals surface area contributed by atoms with Crippen molar-refractivity contribution in [1.82, 2.24) is 9.97 Å². The number of hydrogen-bond donors (Lipinski definition) is 1. The highest BCUT2D eigenvalue weighted by Crippen LogP contribution is 2.30. The maximum Gasteiger partial charge on any atom is 0.249 e. The van der Waals surface area contributed by atoms with E-state index in [4.69, 9.17) is 0 Å². The molecule has 1 aliphatic heterocycles. The van der Waals surface area contributed by atoms with Gasteiger partial charge in [0.2, 0.25) is 5.91 Å². The molecule has 0 bridgehead atoms. The van der Waals surface area contributed by atoms with Gasteiger partial charge in [-0.2, -0.15) is 0 Å². The summed E-state index contributed by atoms with van der Waals surface area (Å²) in [5, 5.41) is 3.96. The molecule has 0 spiro atoms. The molecule has 1 N–H and O–H groups in total. The Bertz CT molecular complexity index is 982. The molecule has 7 heteroatoms. The largest absolute Gasteiger partial charge is 0.358 e. The van der Waals surface area contributed by atoms with Gasteiger partial charge in [0, 0.05) is 11.9 Å². The van der Waals surface area contributed by atoms with E-state index >= 15 is 0 Å². The van der Waals surface area contributed by atoms with Crippen molar-refractivity contribution in [3.05, 3.63) is 59.9 Å². The predicted molar refractivity (Wildman–Crippen MR) is 95.0 cm³/mol. The first-order chi connectivity index (χ1) is 12.6. The van der Waals surface area contributed by atoms with Gasteiger partial charge in [-0.1, -0.05) is 18.2 Å². The number of aromatic nitrogens is 2. The minimum atomic E-state index is -0.748. The first-order valence-electron chi connectivity index (χ1n) is 8.28. The summed E-state index contributed by atoms with van der Waals surface area (Å²) in [4.78, 5) is 22.4. The predicted octanol–water partition coefficient (Wildman–Crippen LogP) is 3.43. The lowest BCUT2D eigenvalue weighted by molar-refractivity contribution is -0.117. The highest BCUT2D eigenvalue weighted by atomic mass is 19.1. The van der Waals surface area contributed by atoms with Gasteiger partial charge in [-0.3, -0.25) is 4.79 Å². The Morgan fingerprint density at radius 3 is 2.62 bits per heavy atom. The summed E-state index contributed by atoms with van der Waals surface area (Å²) in [5.74, 6) is -1.33. The highest BCUT2D eigenvalue weighted by Gasteiger charge is 2.35. The average Bonchev–Trinajstić information content (AvgIpc) is 2.96. The van der Waals surface area contributed by atoms with E-state index in [0.29, 0.717) is 12.2 Å². The molecule has 0 radical (unpaired) electrons. The smallest absolute Gasteiger partial charge is 0.249 e. The first-order valence-corrected chi connectivity index (χ1v) is 8.28. The topological polar surface area (TPSA) is 58.1 Å². The van der Waals surface area contributed by atoms with Crippen LogP contribution in [0, 0.1) is 18.6 Å². The molecule has 0 saturated carbocycles. The number of fused-ring (bicyclic) bond motifs is 1. The van der Waals surface area contributed by atoms with Gasteiger partial charge in [-0.25, -0.2) is 18.7 Å². The van der Waals surface area contributed by atoms with E-state index in [9.17, 15) is 13.6 Å². The van der Waals surface area contributed by atoms with Crippen molar-refractivity contribution < 1.29 is 13.6 Å². The second-order valence-electron chi connectivity index (χ2n) is 6.24. The average molecular weight is 354 g/mol. The zero-order valence-corrected chi connectivity index (χ0v) is 14.0. The third-order valence-corrected chi connectivity index (χ3v) is 4.60. The van der Waals surface area contributed by atoms with Crippen molar-refractivity contribution in [3.63, 3.8) is 0 Å². The summed E-state index contributed by atoms with van der Waals surface area (Å²) in [6, 6.07) is 8.67. The molecule has 1 saturated heterocycles. The van der Waals surface area contributed by atoms with E-state index in [-0.39, 0.29) is 18.1 Å². The molecule has 26 heavy (non-hydrogen) atoms. The monoisotopic (exact) mass is 354 g/mol. The molecule has 1 fully saturated rings. The van der Waals surface area contributed by atoms with E-state index in [1.165, 1.54) is 12.4 Å². The minimum absolute atomic E-state index is 0.232. The highest BCUT2D eigenvalue weighted by molar-refractivity contribution is 6.02. The van der Waals surface area contributed by atoms with Crippen LogP contribution in [-0.2, 0) is 4.79 Å². The number of aryl methyl sites for hydroxylation is 1. The van der Waals surface area contributed by atoms with Crippen LogP contribution >= 0.6 is 0 Å². The van der Waals surface area contributed by atoms with Crippen LogP contribution in [0.5, 0.6) is 0 Å². The number of benzene rings is 2. The van der Waals surface area contributed by atoms with Crippen LogP contribution in [-0.4, -0.2) is 28.5 Å². The zero-order valence-electron chi connectivity index (χ0n) is 14.0. The van der Waals surface area contributed by atoms with E-state index < -0.39 is 17.7 Å². The lowest BCUT2D eigenvalue weighted by Gasteiger charge is -2.19. The molecule has 0 aliphatic carbocycles. The maximum absolute atomic E-state index is 14.0. The molecule has 2 aromatic carbocycles. The normalized spacial score (nSPS) is 17.1. The molecule has 3 aromatic rings. The fourth-order valence-electron chi connectivity index (χ4n) is 3.34. The molecule has 1 aliphatic rings. The number of nitrogens with zero attached hydrogens (tertiary/aromatic N) is 3. The molecule has 1 atom stereocenters. The number of rotatable bonds is 3. The number of carbonyl (C=O) groups is 1. The quantitative estimate of drug-likeness (QED) is 0.783. The van der Waals surface area contributed by atoms with Gasteiger partial charge >= 0.3 is 0 Å². The molecule has 1 unspecified atom stereocenters. The third kappa shape index (κ3) is 2.65. The second kappa shape index (κ2) is 6.33. The molecular weight excluding hydrogens is 338 g/mol. The number of amides is 1. The Kier molecular flexibility index (Phi) is 3.99. The third-order valence-electron chi connectivity index (χ3n) is 4.60. The first kappa shape index (κ1) is 16.4. The van der Waals surface area contributed by atoms with Crippen LogP contribution in [0.1, 0.15) is 12.0 Å². The maximum atomic E-state index is 14.0. The number of anilines is 2. The van der Waals surface area contributed by atoms with Crippen LogP contribution in [0.4, 0.5) is 20.3 Å². The van der Waals surface area contributed by atoms with Crippen LogP contribution < -0.4 is 10.2 Å². The van der Waals surface area contributed by atoms with Crippen LogP contribution in [0.25, 0.3) is 10.9 Å². The molecule has 132 valence electrons. The van der Waals surface area contributed by atoms with Gasteiger partial charge in [0.25, 0.3) is 0 Å². The molecule has 5 nitrogen and oxygen atoms in total. The van der Waals surface area contributed by atoms with Gasteiger partial charge in [-0.15, -0.1) is 0 Å². The van der Waals surface area contributed by atoms with Crippen molar-refractivity contribution in [2.24, 2.45) is 0 Å². The van der Waals surface area contributed by atoms with Crippen molar-refractivity contribution >= 4 is 28.3 Å². The van der Waals surface area contributed by atoms with Crippen LogP contribution in [0.2, 0.25) is 0 Å². The summed E-state index contributed by atoms with van der Waals surface area (Å²) in [6.07, 6.45) is 1.85. The lowest BCUT2D eigenvalue weighted by Crippen LogP contribution is -2.34. The van der Waals surface area contributed by atoms with Crippen LogP contribution in [0.15, 0.2) is 42.7 Å². The molecule has 1 aromatic heterocycles. The minimum Gasteiger partial charge on any atom is -0.358 e. The van der Waals surface area contributed by atoms with E-state index in [2.05, 4.69) is 15.3 Å². The van der Waals surface area contributed by atoms with Gasteiger partial charge in [0.1, 0.15) is 35.5 Å². The van der Waals surface area contributed by atoms with Crippen molar-refractivity contribution in [2.45, 2.75) is 19.4 Å². The summed E-state index contributed by atoms with van der Waals surface area (Å²) < 4.78 is 28.0.